The maximum atomic E-state index is 11.8. The van der Waals surface area contributed by atoms with Crippen molar-refractivity contribution in [2.75, 3.05) is 26.3 Å². The highest BCUT2D eigenvalue weighted by Gasteiger charge is 2.24. The van der Waals surface area contributed by atoms with Gasteiger partial charge in [0.25, 0.3) is 0 Å². The van der Waals surface area contributed by atoms with E-state index >= 15 is 0 Å². The molecule has 21 heavy (non-hydrogen) atoms. The van der Waals surface area contributed by atoms with E-state index in [4.69, 9.17) is 4.74 Å². The number of β-amino-alcohol motifs (C(OH)–C–C–N with tert-alkyl or cyclic N) is 1. The van der Waals surface area contributed by atoms with Crippen molar-refractivity contribution in [2.24, 2.45) is 0 Å². The van der Waals surface area contributed by atoms with Crippen molar-refractivity contribution in [3.05, 3.63) is 35.2 Å². The molecular formula is C16H19NO3S. The molecule has 3 rings (SSSR count). The van der Waals surface area contributed by atoms with E-state index in [2.05, 4.69) is 29.6 Å². The normalized spacial score (nSPS) is 18.5. The molecule has 1 atom stereocenters. The molecule has 1 aromatic carbocycles. The maximum absolute atomic E-state index is 11.8. The summed E-state index contributed by atoms with van der Waals surface area (Å²) in [5.41, 5.74) is 1.23. The second kappa shape index (κ2) is 6.56. The van der Waals surface area contributed by atoms with Crippen molar-refractivity contribution in [3.8, 4) is 0 Å². The molecule has 0 radical (unpaired) electrons. The predicted octanol–water partition coefficient (Wildman–Crippen LogP) is 2.05. The Labute approximate surface area is 127 Å². The molecule has 2 heterocycles. The van der Waals surface area contributed by atoms with E-state index in [1.54, 1.807) is 16.2 Å². The van der Waals surface area contributed by atoms with E-state index in [0.717, 1.165) is 6.42 Å². The third-order valence-corrected chi connectivity index (χ3v) is 4.69. The third-order valence-electron chi connectivity index (χ3n) is 3.79. The maximum Gasteiger partial charge on any atom is 0.248 e. The van der Waals surface area contributed by atoms with Crippen molar-refractivity contribution in [3.63, 3.8) is 0 Å². The van der Waals surface area contributed by atoms with Crippen LogP contribution in [0, 0.1) is 0 Å². The monoisotopic (exact) mass is 305 g/mol. The molecule has 112 valence electrons. The summed E-state index contributed by atoms with van der Waals surface area (Å²) in [5, 5.41) is 12.8. The standard InChI is InChI=1S/C16H19NO3S/c18-14-3-6-17(10-14)16(19)11-20-7-4-12-1-2-15-13(9-12)5-8-21-15/h1-2,5,8-9,14,18H,3-4,6-7,10-11H2. The Morgan fingerprint density at radius 3 is 3.14 bits per heavy atom. The minimum Gasteiger partial charge on any atom is -0.391 e. The Balaban J connectivity index is 1.42. The lowest BCUT2D eigenvalue weighted by atomic mass is 10.1. The molecule has 2 aromatic rings. The summed E-state index contributed by atoms with van der Waals surface area (Å²) in [4.78, 5) is 13.5. The summed E-state index contributed by atoms with van der Waals surface area (Å²) in [6.45, 7) is 1.72. The zero-order valence-electron chi connectivity index (χ0n) is 11.8. The summed E-state index contributed by atoms with van der Waals surface area (Å²) in [7, 11) is 0. The molecule has 1 saturated heterocycles. The number of fused-ring (bicyclic) bond motifs is 1. The number of carbonyl (C=O) groups is 1. The van der Waals surface area contributed by atoms with Crippen molar-refractivity contribution in [1.82, 2.24) is 4.90 Å². The summed E-state index contributed by atoms with van der Waals surface area (Å²) >= 11 is 1.74. The number of nitrogens with zero attached hydrogens (tertiary/aromatic N) is 1. The van der Waals surface area contributed by atoms with Gasteiger partial charge in [0.2, 0.25) is 5.91 Å². The fourth-order valence-electron chi connectivity index (χ4n) is 2.58. The van der Waals surface area contributed by atoms with E-state index in [1.807, 2.05) is 0 Å². The highest BCUT2D eigenvalue weighted by molar-refractivity contribution is 7.17. The van der Waals surface area contributed by atoms with Crippen LogP contribution in [-0.4, -0.2) is 48.3 Å². The number of aliphatic hydroxyl groups is 1. The number of ether oxygens (including phenoxy) is 1. The quantitative estimate of drug-likeness (QED) is 0.860. The lowest BCUT2D eigenvalue weighted by Gasteiger charge is -2.15. The minimum atomic E-state index is -0.369. The Morgan fingerprint density at radius 1 is 1.43 bits per heavy atom. The zero-order valence-corrected chi connectivity index (χ0v) is 12.6. The molecule has 0 bridgehead atoms. The van der Waals surface area contributed by atoms with E-state index in [9.17, 15) is 9.90 Å². The van der Waals surface area contributed by atoms with Gasteiger partial charge in [-0.2, -0.15) is 0 Å². The smallest absolute Gasteiger partial charge is 0.248 e. The average Bonchev–Trinajstić information content (AvgIpc) is 3.11. The highest BCUT2D eigenvalue weighted by Crippen LogP contribution is 2.21. The first-order valence-corrected chi connectivity index (χ1v) is 8.10. The lowest BCUT2D eigenvalue weighted by molar-refractivity contribution is -0.135. The van der Waals surface area contributed by atoms with Gasteiger partial charge in [-0.05, 0) is 41.3 Å². The van der Waals surface area contributed by atoms with Gasteiger partial charge in [0.15, 0.2) is 0 Å². The van der Waals surface area contributed by atoms with Gasteiger partial charge in [0.1, 0.15) is 6.61 Å². The van der Waals surface area contributed by atoms with Gasteiger partial charge in [-0.15, -0.1) is 11.3 Å². The number of hydrogen-bond acceptors (Lipinski definition) is 4. The number of hydrogen-bond donors (Lipinski definition) is 1. The molecule has 0 spiro atoms. The molecule has 1 aliphatic rings. The van der Waals surface area contributed by atoms with Crippen LogP contribution in [0.1, 0.15) is 12.0 Å². The molecule has 1 fully saturated rings. The van der Waals surface area contributed by atoms with Gasteiger partial charge in [-0.3, -0.25) is 4.79 Å². The van der Waals surface area contributed by atoms with Gasteiger partial charge in [-0.25, -0.2) is 0 Å². The molecule has 0 saturated carbocycles. The van der Waals surface area contributed by atoms with E-state index in [0.29, 0.717) is 26.1 Å². The Morgan fingerprint density at radius 2 is 2.33 bits per heavy atom. The number of aliphatic hydroxyl groups excluding tert-OH is 1. The summed E-state index contributed by atoms with van der Waals surface area (Å²) in [6.07, 6.45) is 1.11. The highest BCUT2D eigenvalue weighted by atomic mass is 32.1. The van der Waals surface area contributed by atoms with Crippen LogP contribution in [0.5, 0.6) is 0 Å². The molecular weight excluding hydrogens is 286 g/mol. The fraction of sp³-hybridized carbons (Fsp3) is 0.438. The first-order valence-electron chi connectivity index (χ1n) is 7.22. The Bertz CT molecular complexity index is 625. The van der Waals surface area contributed by atoms with Crippen LogP contribution < -0.4 is 0 Å². The summed E-state index contributed by atoms with van der Waals surface area (Å²) in [5.74, 6) is -0.0279. The molecule has 5 heteroatoms. The fourth-order valence-corrected chi connectivity index (χ4v) is 3.35. The molecule has 1 amide bonds. The van der Waals surface area contributed by atoms with Crippen LogP contribution in [0.2, 0.25) is 0 Å². The van der Waals surface area contributed by atoms with Crippen LogP contribution in [0.25, 0.3) is 10.1 Å². The molecule has 4 nitrogen and oxygen atoms in total. The topological polar surface area (TPSA) is 49.8 Å². The van der Waals surface area contributed by atoms with Gasteiger partial charge in [-0.1, -0.05) is 12.1 Å². The number of amides is 1. The van der Waals surface area contributed by atoms with Crippen LogP contribution in [-0.2, 0) is 16.0 Å². The van der Waals surface area contributed by atoms with E-state index in [-0.39, 0.29) is 18.6 Å². The molecule has 1 unspecified atom stereocenters. The molecule has 1 aromatic heterocycles. The van der Waals surface area contributed by atoms with Crippen LogP contribution >= 0.6 is 11.3 Å². The van der Waals surface area contributed by atoms with E-state index in [1.165, 1.54) is 15.6 Å². The molecule has 0 aliphatic carbocycles. The lowest BCUT2D eigenvalue weighted by Crippen LogP contribution is -2.32. The third kappa shape index (κ3) is 3.61. The van der Waals surface area contributed by atoms with Gasteiger partial charge in [0, 0.05) is 17.8 Å². The van der Waals surface area contributed by atoms with Crippen molar-refractivity contribution < 1.29 is 14.6 Å². The van der Waals surface area contributed by atoms with Gasteiger partial charge >= 0.3 is 0 Å². The zero-order chi connectivity index (χ0) is 14.7. The van der Waals surface area contributed by atoms with Crippen LogP contribution in [0.3, 0.4) is 0 Å². The minimum absolute atomic E-state index is 0.0279. The van der Waals surface area contributed by atoms with Gasteiger partial charge in [0.05, 0.1) is 12.7 Å². The van der Waals surface area contributed by atoms with Crippen molar-refractivity contribution in [1.29, 1.82) is 0 Å². The summed E-state index contributed by atoms with van der Waals surface area (Å²) in [6, 6.07) is 8.54. The first kappa shape index (κ1) is 14.5. The van der Waals surface area contributed by atoms with Crippen molar-refractivity contribution >= 4 is 27.3 Å². The number of likely N-dealkylation sites (tertiary alicyclic amines) is 1. The van der Waals surface area contributed by atoms with Gasteiger partial charge < -0.3 is 14.7 Å². The van der Waals surface area contributed by atoms with E-state index < -0.39 is 0 Å². The van der Waals surface area contributed by atoms with Crippen molar-refractivity contribution in [2.45, 2.75) is 18.9 Å². The largest absolute Gasteiger partial charge is 0.391 e. The predicted molar refractivity (Wildman–Crippen MR) is 83.6 cm³/mol. The number of benzene rings is 1. The SMILES string of the molecule is O=C(COCCc1ccc2sccc2c1)N1CCC(O)C1. The van der Waals surface area contributed by atoms with Crippen LogP contribution in [0.4, 0.5) is 0 Å². The molecule has 1 aliphatic heterocycles. The second-order valence-electron chi connectivity index (χ2n) is 5.38. The first-order chi connectivity index (χ1) is 10.2. The average molecular weight is 305 g/mol. The summed E-state index contributed by atoms with van der Waals surface area (Å²) < 4.78 is 6.76. The Hall–Kier alpha value is -1.43. The second-order valence-corrected chi connectivity index (χ2v) is 6.33. The Kier molecular flexibility index (Phi) is 4.53. The number of thiophene rings is 1. The molecule has 1 N–H and O–H groups in total. The number of rotatable bonds is 5. The number of carbonyl (C=O) groups excluding carboxylic acids is 1. The van der Waals surface area contributed by atoms with Crippen LogP contribution in [0.15, 0.2) is 29.6 Å².